The van der Waals surface area contributed by atoms with Crippen LogP contribution < -0.4 is 9.47 Å². The second-order valence-electron chi connectivity index (χ2n) is 4.49. The number of hydrogen-bond acceptors (Lipinski definition) is 5. The highest BCUT2D eigenvalue weighted by molar-refractivity contribution is 5.78. The fourth-order valence-electron chi connectivity index (χ4n) is 1.81. The molecule has 0 aliphatic rings. The lowest BCUT2D eigenvalue weighted by atomic mass is 10.2. The summed E-state index contributed by atoms with van der Waals surface area (Å²) in [5, 5.41) is 0. The summed E-state index contributed by atoms with van der Waals surface area (Å²) >= 11 is 0. The normalized spacial score (nSPS) is 10.0. The monoisotopic (exact) mass is 300 g/mol. The van der Waals surface area contributed by atoms with Crippen LogP contribution in [0.25, 0.3) is 0 Å². The van der Waals surface area contributed by atoms with Gasteiger partial charge in [-0.25, -0.2) is 4.79 Å². The Morgan fingerprint density at radius 1 is 0.818 bits per heavy atom. The number of rotatable bonds is 6. The highest BCUT2D eigenvalue weighted by Crippen LogP contribution is 2.27. The molecular weight excluding hydrogens is 284 g/mol. The minimum Gasteiger partial charge on any atom is -0.422 e. The summed E-state index contributed by atoms with van der Waals surface area (Å²) in [4.78, 5) is 23.4. The number of para-hydroxylation sites is 2. The molecule has 0 aliphatic carbocycles. The van der Waals surface area contributed by atoms with E-state index in [-0.39, 0.29) is 24.5 Å². The van der Waals surface area contributed by atoms with Crippen molar-refractivity contribution in [3.05, 3.63) is 60.2 Å². The quantitative estimate of drug-likeness (QED) is 0.605. The highest BCUT2D eigenvalue weighted by atomic mass is 16.6. The second kappa shape index (κ2) is 7.95. The van der Waals surface area contributed by atoms with Crippen molar-refractivity contribution < 1.29 is 23.8 Å². The van der Waals surface area contributed by atoms with Crippen molar-refractivity contribution in [1.29, 1.82) is 0 Å². The molecule has 114 valence electrons. The number of hydrogen-bond donors (Lipinski definition) is 0. The van der Waals surface area contributed by atoms with Crippen molar-refractivity contribution in [1.82, 2.24) is 0 Å². The van der Waals surface area contributed by atoms with Gasteiger partial charge in [-0.3, -0.25) is 4.79 Å². The van der Waals surface area contributed by atoms with Crippen molar-refractivity contribution in [2.24, 2.45) is 0 Å². The minimum absolute atomic E-state index is 0.140. The smallest absolute Gasteiger partial charge is 0.337 e. The maximum absolute atomic E-state index is 12.0. The van der Waals surface area contributed by atoms with Crippen LogP contribution in [0.4, 0.5) is 0 Å². The summed E-state index contributed by atoms with van der Waals surface area (Å²) in [7, 11) is 1.40. The van der Waals surface area contributed by atoms with Crippen LogP contribution >= 0.6 is 0 Å². The number of carbonyl (C=O) groups is 2. The highest BCUT2D eigenvalue weighted by Gasteiger charge is 2.13. The van der Waals surface area contributed by atoms with E-state index in [9.17, 15) is 9.59 Å². The van der Waals surface area contributed by atoms with Gasteiger partial charge in [-0.15, -0.1) is 0 Å². The van der Waals surface area contributed by atoms with E-state index in [0.717, 1.165) is 5.56 Å². The molecule has 0 atom stereocenters. The Morgan fingerprint density at radius 3 is 1.95 bits per heavy atom. The van der Waals surface area contributed by atoms with E-state index in [1.54, 1.807) is 24.3 Å². The molecule has 0 fully saturated rings. The van der Waals surface area contributed by atoms with E-state index in [4.69, 9.17) is 14.2 Å². The van der Waals surface area contributed by atoms with Crippen molar-refractivity contribution >= 4 is 11.9 Å². The molecule has 0 unspecified atom stereocenters. The molecular formula is C17H16O5. The maximum Gasteiger partial charge on any atom is 0.337 e. The molecule has 0 saturated heterocycles. The van der Waals surface area contributed by atoms with Gasteiger partial charge in [0.2, 0.25) is 0 Å². The van der Waals surface area contributed by atoms with Gasteiger partial charge < -0.3 is 14.2 Å². The molecule has 5 nitrogen and oxygen atoms in total. The lowest BCUT2D eigenvalue weighted by Crippen LogP contribution is -2.16. The lowest BCUT2D eigenvalue weighted by molar-refractivity contribution is -0.139. The second-order valence-corrected chi connectivity index (χ2v) is 4.49. The van der Waals surface area contributed by atoms with Crippen molar-refractivity contribution in [2.75, 3.05) is 13.7 Å². The predicted octanol–water partition coefficient (Wildman–Crippen LogP) is 2.39. The van der Waals surface area contributed by atoms with Crippen LogP contribution in [0.5, 0.6) is 11.5 Å². The summed E-state index contributed by atoms with van der Waals surface area (Å²) in [5.74, 6) is -0.602. The first-order chi connectivity index (χ1) is 10.7. The Kier molecular flexibility index (Phi) is 5.68. The van der Waals surface area contributed by atoms with Crippen LogP contribution in [-0.2, 0) is 20.7 Å². The van der Waals surface area contributed by atoms with Gasteiger partial charge in [0, 0.05) is 7.11 Å². The van der Waals surface area contributed by atoms with Gasteiger partial charge in [0.05, 0.1) is 6.42 Å². The summed E-state index contributed by atoms with van der Waals surface area (Å²) in [6.07, 6.45) is 0.140. The topological polar surface area (TPSA) is 61.8 Å². The Hall–Kier alpha value is -2.66. The summed E-state index contributed by atoms with van der Waals surface area (Å²) < 4.78 is 15.1. The summed E-state index contributed by atoms with van der Waals surface area (Å²) in [6.45, 7) is -0.174. The van der Waals surface area contributed by atoms with Crippen LogP contribution in [-0.4, -0.2) is 25.7 Å². The molecule has 0 N–H and O–H groups in total. The standard InChI is InChI=1S/C17H16O5/c1-20-12-17(19)22-15-10-6-5-9-14(15)21-16(18)11-13-7-3-2-4-8-13/h2-10H,11-12H2,1H3. The van der Waals surface area contributed by atoms with Gasteiger partial charge in [-0.05, 0) is 17.7 Å². The fourth-order valence-corrected chi connectivity index (χ4v) is 1.81. The minimum atomic E-state index is -0.561. The van der Waals surface area contributed by atoms with Gasteiger partial charge in [-0.1, -0.05) is 42.5 Å². The number of benzene rings is 2. The largest absolute Gasteiger partial charge is 0.422 e. The van der Waals surface area contributed by atoms with E-state index in [2.05, 4.69) is 0 Å². The molecule has 22 heavy (non-hydrogen) atoms. The molecule has 0 aromatic heterocycles. The molecule has 0 heterocycles. The third kappa shape index (κ3) is 4.71. The Labute approximate surface area is 128 Å². The molecule has 0 saturated carbocycles. The zero-order valence-electron chi connectivity index (χ0n) is 12.2. The number of esters is 2. The molecule has 0 aliphatic heterocycles. The van der Waals surface area contributed by atoms with E-state index in [1.165, 1.54) is 7.11 Å². The Balaban J connectivity index is 2.03. The maximum atomic E-state index is 12.0. The third-order valence-corrected chi connectivity index (χ3v) is 2.75. The van der Waals surface area contributed by atoms with E-state index in [1.807, 2.05) is 30.3 Å². The summed E-state index contributed by atoms with van der Waals surface area (Å²) in [6, 6.07) is 15.8. The molecule has 0 radical (unpaired) electrons. The molecule has 5 heteroatoms. The molecule has 0 amide bonds. The van der Waals surface area contributed by atoms with Crippen molar-refractivity contribution in [2.45, 2.75) is 6.42 Å². The molecule has 2 aromatic rings. The number of ether oxygens (including phenoxy) is 3. The predicted molar refractivity (Wildman–Crippen MR) is 79.7 cm³/mol. The first-order valence-electron chi connectivity index (χ1n) is 6.72. The van der Waals surface area contributed by atoms with Crippen LogP contribution in [0.3, 0.4) is 0 Å². The first-order valence-corrected chi connectivity index (χ1v) is 6.72. The Bertz CT molecular complexity index is 637. The average molecular weight is 300 g/mol. The molecule has 0 bridgehead atoms. The molecule has 2 aromatic carbocycles. The van der Waals surface area contributed by atoms with Crippen LogP contribution in [0.15, 0.2) is 54.6 Å². The van der Waals surface area contributed by atoms with E-state index >= 15 is 0 Å². The van der Waals surface area contributed by atoms with Crippen LogP contribution in [0, 0.1) is 0 Å². The zero-order chi connectivity index (χ0) is 15.8. The summed E-state index contributed by atoms with van der Waals surface area (Å²) in [5.41, 5.74) is 0.848. The lowest BCUT2D eigenvalue weighted by Gasteiger charge is -2.10. The van der Waals surface area contributed by atoms with Gasteiger partial charge in [-0.2, -0.15) is 0 Å². The van der Waals surface area contributed by atoms with E-state index in [0.29, 0.717) is 0 Å². The Morgan fingerprint density at radius 2 is 1.36 bits per heavy atom. The third-order valence-electron chi connectivity index (χ3n) is 2.75. The average Bonchev–Trinajstić information content (AvgIpc) is 2.50. The number of methoxy groups -OCH3 is 1. The first kappa shape index (κ1) is 15.7. The molecule has 0 spiro atoms. The van der Waals surface area contributed by atoms with Crippen molar-refractivity contribution in [3.63, 3.8) is 0 Å². The fraction of sp³-hybridized carbons (Fsp3) is 0.176. The van der Waals surface area contributed by atoms with Gasteiger partial charge in [0.25, 0.3) is 0 Å². The molecule has 2 rings (SSSR count). The number of carbonyl (C=O) groups excluding carboxylic acids is 2. The van der Waals surface area contributed by atoms with E-state index < -0.39 is 11.9 Å². The van der Waals surface area contributed by atoms with Crippen LogP contribution in [0.1, 0.15) is 5.56 Å². The SMILES string of the molecule is COCC(=O)Oc1ccccc1OC(=O)Cc1ccccc1. The van der Waals surface area contributed by atoms with Crippen molar-refractivity contribution in [3.8, 4) is 11.5 Å². The van der Waals surface area contributed by atoms with Crippen LogP contribution in [0.2, 0.25) is 0 Å². The zero-order valence-corrected chi connectivity index (χ0v) is 12.2. The van der Waals surface area contributed by atoms with Gasteiger partial charge in [0.15, 0.2) is 11.5 Å². The van der Waals surface area contributed by atoms with Gasteiger partial charge >= 0.3 is 11.9 Å². The van der Waals surface area contributed by atoms with Gasteiger partial charge in [0.1, 0.15) is 6.61 Å².